The van der Waals surface area contributed by atoms with Crippen molar-refractivity contribution in [2.45, 2.75) is 53.4 Å². The fourth-order valence-corrected chi connectivity index (χ4v) is 4.32. The predicted molar refractivity (Wildman–Crippen MR) is 86.8 cm³/mol. The van der Waals surface area contributed by atoms with Crippen molar-refractivity contribution >= 4 is 30.0 Å². The lowest BCUT2D eigenvalue weighted by molar-refractivity contribution is -0.256. The van der Waals surface area contributed by atoms with Crippen molar-refractivity contribution in [2.75, 3.05) is 0 Å². The molecular weight excluding hydrogens is 276 g/mol. The van der Waals surface area contributed by atoms with Gasteiger partial charge in [0.15, 0.2) is 30.0 Å². The van der Waals surface area contributed by atoms with E-state index in [1.807, 2.05) is 13.8 Å². The second-order valence-electron chi connectivity index (χ2n) is 4.48. The topological polar surface area (TPSA) is 27.7 Å². The molecule has 0 aromatic carbocycles. The van der Waals surface area contributed by atoms with Gasteiger partial charge in [0.05, 0.1) is 0 Å². The molecule has 0 aliphatic carbocycles. The van der Waals surface area contributed by atoms with Crippen molar-refractivity contribution in [3.05, 3.63) is 22.5 Å². The van der Waals surface area contributed by atoms with Crippen LogP contribution < -0.4 is 0 Å². The van der Waals surface area contributed by atoms with Crippen LogP contribution in [0.3, 0.4) is 0 Å². The van der Waals surface area contributed by atoms with Gasteiger partial charge in [-0.2, -0.15) is 0 Å². The Balaban J connectivity index is 4.59. The molecule has 0 spiro atoms. The van der Waals surface area contributed by atoms with Crippen LogP contribution in [-0.2, 0) is 13.3 Å². The van der Waals surface area contributed by atoms with E-state index in [0.717, 1.165) is 12.8 Å². The highest BCUT2D eigenvalue weighted by molar-refractivity contribution is 6.39. The van der Waals surface area contributed by atoms with Gasteiger partial charge in [-0.1, -0.05) is 29.5 Å². The Morgan fingerprint density at radius 3 is 1.83 bits per heavy atom. The molecule has 106 valence electrons. The normalized spacial score (nSPS) is 18.3. The standard InChI is InChI=1S/C12H28O3Si3/c1-6-9-12(13-16,14-17-10(4)7-2)15-18-11(5)8-3/h7-8H,6,9,17-18H2,1-5,16H3. The van der Waals surface area contributed by atoms with Crippen LogP contribution in [0.5, 0.6) is 0 Å². The van der Waals surface area contributed by atoms with Crippen molar-refractivity contribution in [1.29, 1.82) is 0 Å². The molecule has 0 aromatic heterocycles. The van der Waals surface area contributed by atoms with Crippen LogP contribution in [0.4, 0.5) is 0 Å². The molecule has 0 radical (unpaired) electrons. The van der Waals surface area contributed by atoms with Crippen molar-refractivity contribution in [3.8, 4) is 0 Å². The molecule has 0 aromatic rings. The Morgan fingerprint density at radius 1 is 1.11 bits per heavy atom. The molecule has 0 bridgehead atoms. The molecule has 0 aliphatic heterocycles. The van der Waals surface area contributed by atoms with Gasteiger partial charge in [-0.25, -0.2) is 0 Å². The highest BCUT2D eigenvalue weighted by atomic mass is 28.2. The largest absolute Gasteiger partial charge is 0.382 e. The third-order valence-corrected chi connectivity index (χ3v) is 6.41. The molecule has 18 heavy (non-hydrogen) atoms. The highest BCUT2D eigenvalue weighted by Crippen LogP contribution is 2.21. The van der Waals surface area contributed by atoms with Gasteiger partial charge in [0.2, 0.25) is 0 Å². The van der Waals surface area contributed by atoms with Gasteiger partial charge in [-0.15, -0.1) is 0 Å². The first-order valence-corrected chi connectivity index (χ1v) is 9.98. The van der Waals surface area contributed by atoms with E-state index in [9.17, 15) is 0 Å². The minimum Gasteiger partial charge on any atom is -0.382 e. The molecular formula is C12H28O3Si3. The Labute approximate surface area is 119 Å². The van der Waals surface area contributed by atoms with Crippen LogP contribution in [0.25, 0.3) is 0 Å². The van der Waals surface area contributed by atoms with Gasteiger partial charge >= 0.3 is 0 Å². The predicted octanol–water partition coefficient (Wildman–Crippen LogP) is 0.785. The van der Waals surface area contributed by atoms with Gasteiger partial charge in [-0.05, 0) is 34.1 Å². The molecule has 0 saturated carbocycles. The summed E-state index contributed by atoms with van der Waals surface area (Å²) in [5.74, 6) is -0.742. The summed E-state index contributed by atoms with van der Waals surface area (Å²) in [6.07, 6.45) is 6.06. The zero-order chi connectivity index (χ0) is 14.0. The van der Waals surface area contributed by atoms with Crippen molar-refractivity contribution in [1.82, 2.24) is 0 Å². The molecule has 0 amide bonds. The van der Waals surface area contributed by atoms with Crippen LogP contribution in [0.1, 0.15) is 47.5 Å². The summed E-state index contributed by atoms with van der Waals surface area (Å²) >= 11 is 0. The third kappa shape index (κ3) is 6.81. The Morgan fingerprint density at radius 2 is 1.56 bits per heavy atom. The second kappa shape index (κ2) is 9.88. The average Bonchev–Trinajstić information content (AvgIpc) is 2.41. The molecule has 0 rings (SSSR count). The quantitative estimate of drug-likeness (QED) is 0.465. The summed E-state index contributed by atoms with van der Waals surface area (Å²) in [6, 6.07) is 0. The summed E-state index contributed by atoms with van der Waals surface area (Å²) in [4.78, 5) is 0. The van der Waals surface area contributed by atoms with Crippen molar-refractivity contribution in [2.24, 2.45) is 0 Å². The number of allylic oxidation sites excluding steroid dienone is 4. The smallest absolute Gasteiger partial charge is 0.253 e. The first-order valence-electron chi connectivity index (χ1n) is 6.60. The number of hydrogen-bond acceptors (Lipinski definition) is 3. The second-order valence-corrected chi connectivity index (χ2v) is 8.28. The zero-order valence-corrected chi connectivity index (χ0v) is 17.5. The third-order valence-electron chi connectivity index (χ3n) is 2.89. The summed E-state index contributed by atoms with van der Waals surface area (Å²) in [5, 5.41) is 2.67. The first-order chi connectivity index (χ1) is 8.53. The van der Waals surface area contributed by atoms with Gasteiger partial charge in [0.1, 0.15) is 0 Å². The summed E-state index contributed by atoms with van der Waals surface area (Å²) in [5.41, 5.74) is 0. The van der Waals surface area contributed by atoms with Gasteiger partial charge in [0, 0.05) is 6.42 Å². The van der Waals surface area contributed by atoms with E-state index >= 15 is 0 Å². The van der Waals surface area contributed by atoms with E-state index < -0.39 is 25.5 Å². The molecule has 0 fully saturated rings. The van der Waals surface area contributed by atoms with Crippen molar-refractivity contribution < 1.29 is 13.3 Å². The van der Waals surface area contributed by atoms with Crippen molar-refractivity contribution in [3.63, 3.8) is 0 Å². The fraction of sp³-hybridized carbons (Fsp3) is 0.667. The summed E-state index contributed by atoms with van der Waals surface area (Å²) in [6.45, 7) is 10.5. The monoisotopic (exact) mass is 304 g/mol. The molecule has 3 nitrogen and oxygen atoms in total. The molecule has 6 heteroatoms. The maximum atomic E-state index is 6.04. The lowest BCUT2D eigenvalue weighted by Gasteiger charge is -2.33. The Kier molecular flexibility index (Phi) is 9.88. The Hall–Kier alpha value is 0.0106. The van der Waals surface area contributed by atoms with Crippen LogP contribution in [0, 0.1) is 0 Å². The van der Waals surface area contributed by atoms with E-state index in [0.29, 0.717) is 10.5 Å². The molecule has 0 unspecified atom stereocenters. The zero-order valence-electron chi connectivity index (χ0n) is 12.7. The summed E-state index contributed by atoms with van der Waals surface area (Å²) in [7, 11) is -0.791. The number of rotatable bonds is 9. The van der Waals surface area contributed by atoms with E-state index in [1.165, 1.54) is 10.4 Å². The van der Waals surface area contributed by atoms with E-state index in [2.05, 4.69) is 32.9 Å². The van der Waals surface area contributed by atoms with E-state index in [1.54, 1.807) is 0 Å². The van der Waals surface area contributed by atoms with Gasteiger partial charge < -0.3 is 13.3 Å². The molecule has 0 N–H and O–H groups in total. The van der Waals surface area contributed by atoms with E-state index in [4.69, 9.17) is 13.3 Å². The maximum Gasteiger partial charge on any atom is 0.253 e. The lowest BCUT2D eigenvalue weighted by atomic mass is 10.3. The Bertz CT molecular complexity index is 268. The minimum absolute atomic E-state index is 0.639. The SMILES string of the molecule is CC=C(C)[SiH2]OC(CCC)(O[SiH3])O[SiH2]C(C)=CC. The average molecular weight is 305 g/mol. The molecule has 0 heterocycles. The lowest BCUT2D eigenvalue weighted by Crippen LogP contribution is -2.41. The van der Waals surface area contributed by atoms with Crippen LogP contribution in [-0.4, -0.2) is 36.0 Å². The minimum atomic E-state index is -0.742. The van der Waals surface area contributed by atoms with Crippen LogP contribution in [0.15, 0.2) is 22.5 Å². The van der Waals surface area contributed by atoms with Crippen LogP contribution >= 0.6 is 0 Å². The van der Waals surface area contributed by atoms with Gasteiger partial charge in [0.25, 0.3) is 5.97 Å². The van der Waals surface area contributed by atoms with Crippen LogP contribution in [0.2, 0.25) is 0 Å². The number of hydrogen-bond donors (Lipinski definition) is 0. The molecule has 0 aliphatic rings. The fourth-order valence-electron chi connectivity index (χ4n) is 1.33. The summed E-state index contributed by atoms with van der Waals surface area (Å²) < 4.78 is 17.7. The first kappa shape index (κ1) is 18.0. The highest BCUT2D eigenvalue weighted by Gasteiger charge is 2.29. The van der Waals surface area contributed by atoms with Gasteiger partial charge in [-0.3, -0.25) is 0 Å². The molecule has 0 saturated heterocycles. The maximum absolute atomic E-state index is 6.04. The molecule has 0 atom stereocenters. The van der Waals surface area contributed by atoms with E-state index in [-0.39, 0.29) is 0 Å².